The molecule has 0 amide bonds. The van der Waals surface area contributed by atoms with Gasteiger partial charge in [0.05, 0.1) is 12.2 Å². The lowest BCUT2D eigenvalue weighted by Crippen LogP contribution is -2.25. The molecule has 2 rings (SSSR count). The average molecular weight is 225 g/mol. The van der Waals surface area contributed by atoms with Gasteiger partial charge < -0.3 is 9.84 Å². The molecular formula is C12H16FNO2. The summed E-state index contributed by atoms with van der Waals surface area (Å²) in [5, 5.41) is 9.65. The SMILES string of the molecule is CO[C@@H]1CN(Cc2ccccc2F)C[C@H]1O. The van der Waals surface area contributed by atoms with Crippen LogP contribution in [-0.2, 0) is 11.3 Å². The summed E-state index contributed by atoms with van der Waals surface area (Å²) in [5.74, 6) is -0.196. The minimum Gasteiger partial charge on any atom is -0.389 e. The molecule has 1 heterocycles. The molecule has 0 bridgehead atoms. The number of aliphatic hydroxyl groups is 1. The van der Waals surface area contributed by atoms with Gasteiger partial charge >= 0.3 is 0 Å². The molecule has 0 aliphatic carbocycles. The fourth-order valence-corrected chi connectivity index (χ4v) is 2.06. The van der Waals surface area contributed by atoms with Gasteiger partial charge in [0.15, 0.2) is 0 Å². The average Bonchev–Trinajstić information content (AvgIpc) is 2.62. The van der Waals surface area contributed by atoms with Gasteiger partial charge in [-0.1, -0.05) is 18.2 Å². The second-order valence-corrected chi connectivity index (χ2v) is 4.13. The van der Waals surface area contributed by atoms with E-state index in [1.165, 1.54) is 6.07 Å². The van der Waals surface area contributed by atoms with Crippen molar-refractivity contribution in [1.29, 1.82) is 0 Å². The van der Waals surface area contributed by atoms with E-state index in [9.17, 15) is 9.50 Å². The zero-order valence-electron chi connectivity index (χ0n) is 9.27. The van der Waals surface area contributed by atoms with Crippen molar-refractivity contribution < 1.29 is 14.2 Å². The Morgan fingerprint density at radius 2 is 2.19 bits per heavy atom. The van der Waals surface area contributed by atoms with Crippen LogP contribution in [0, 0.1) is 5.82 Å². The highest BCUT2D eigenvalue weighted by Gasteiger charge is 2.31. The van der Waals surface area contributed by atoms with Gasteiger partial charge in [-0.2, -0.15) is 0 Å². The molecule has 1 aliphatic rings. The summed E-state index contributed by atoms with van der Waals surface area (Å²) < 4.78 is 18.5. The number of halogens is 1. The molecule has 88 valence electrons. The number of nitrogens with zero attached hydrogens (tertiary/aromatic N) is 1. The normalized spacial score (nSPS) is 26.2. The van der Waals surface area contributed by atoms with Gasteiger partial charge in [-0.15, -0.1) is 0 Å². The Morgan fingerprint density at radius 3 is 2.81 bits per heavy atom. The summed E-state index contributed by atoms with van der Waals surface area (Å²) in [6, 6.07) is 6.71. The van der Waals surface area contributed by atoms with Crippen molar-refractivity contribution >= 4 is 0 Å². The van der Waals surface area contributed by atoms with Crippen LogP contribution in [0.2, 0.25) is 0 Å². The van der Waals surface area contributed by atoms with E-state index in [-0.39, 0.29) is 11.9 Å². The highest BCUT2D eigenvalue weighted by atomic mass is 19.1. The molecule has 1 aromatic carbocycles. The zero-order chi connectivity index (χ0) is 11.5. The van der Waals surface area contributed by atoms with Gasteiger partial charge in [0, 0.05) is 32.3 Å². The van der Waals surface area contributed by atoms with Crippen molar-refractivity contribution in [3.05, 3.63) is 35.6 Å². The van der Waals surface area contributed by atoms with E-state index < -0.39 is 6.10 Å². The molecule has 0 saturated carbocycles. The Balaban J connectivity index is 1.99. The van der Waals surface area contributed by atoms with E-state index in [1.807, 2.05) is 11.0 Å². The third-order valence-corrected chi connectivity index (χ3v) is 2.97. The van der Waals surface area contributed by atoms with Crippen LogP contribution in [0.25, 0.3) is 0 Å². The number of hydrogen-bond acceptors (Lipinski definition) is 3. The van der Waals surface area contributed by atoms with Crippen LogP contribution in [-0.4, -0.2) is 42.4 Å². The maximum absolute atomic E-state index is 13.4. The predicted octanol–water partition coefficient (Wildman–Crippen LogP) is 1.02. The lowest BCUT2D eigenvalue weighted by molar-refractivity contribution is 0.0214. The van der Waals surface area contributed by atoms with Crippen molar-refractivity contribution in [2.75, 3.05) is 20.2 Å². The highest BCUT2D eigenvalue weighted by molar-refractivity contribution is 5.17. The monoisotopic (exact) mass is 225 g/mol. The van der Waals surface area contributed by atoms with Gasteiger partial charge in [0.25, 0.3) is 0 Å². The number of aliphatic hydroxyl groups excluding tert-OH is 1. The first-order valence-corrected chi connectivity index (χ1v) is 5.37. The minimum atomic E-state index is -0.475. The number of β-amino-alcohol motifs (C(OH)–C–C–N with tert-alkyl or cyclic N) is 1. The van der Waals surface area contributed by atoms with Crippen LogP contribution >= 0.6 is 0 Å². The molecule has 4 heteroatoms. The number of likely N-dealkylation sites (tertiary alicyclic amines) is 1. The first kappa shape index (κ1) is 11.5. The fourth-order valence-electron chi connectivity index (χ4n) is 2.06. The van der Waals surface area contributed by atoms with Crippen molar-refractivity contribution in [3.63, 3.8) is 0 Å². The lowest BCUT2D eigenvalue weighted by atomic mass is 10.2. The van der Waals surface area contributed by atoms with E-state index in [1.54, 1.807) is 19.2 Å². The maximum Gasteiger partial charge on any atom is 0.127 e. The molecule has 0 spiro atoms. The Bertz CT molecular complexity index is 359. The fraction of sp³-hybridized carbons (Fsp3) is 0.500. The maximum atomic E-state index is 13.4. The summed E-state index contributed by atoms with van der Waals surface area (Å²) in [6.07, 6.45) is -0.636. The van der Waals surface area contributed by atoms with Crippen LogP contribution in [0.3, 0.4) is 0 Å². The summed E-state index contributed by atoms with van der Waals surface area (Å²) in [7, 11) is 1.58. The standard InChI is InChI=1S/C12H16FNO2/c1-16-12-8-14(7-11(12)15)6-9-4-2-3-5-10(9)13/h2-5,11-12,15H,6-8H2,1H3/t11-,12-/m1/s1. The van der Waals surface area contributed by atoms with Crippen LogP contribution in [0.4, 0.5) is 4.39 Å². The molecule has 2 atom stereocenters. The number of methoxy groups -OCH3 is 1. The van der Waals surface area contributed by atoms with Crippen molar-refractivity contribution in [1.82, 2.24) is 4.90 Å². The van der Waals surface area contributed by atoms with Gasteiger partial charge in [-0.05, 0) is 6.07 Å². The summed E-state index contributed by atoms with van der Waals surface area (Å²) >= 11 is 0. The first-order chi connectivity index (χ1) is 7.70. The predicted molar refractivity (Wildman–Crippen MR) is 58.5 cm³/mol. The Hall–Kier alpha value is -0.970. The molecule has 1 N–H and O–H groups in total. The molecule has 0 radical (unpaired) electrons. The van der Waals surface area contributed by atoms with Crippen LogP contribution in [0.1, 0.15) is 5.56 Å². The Labute approximate surface area is 94.4 Å². The topological polar surface area (TPSA) is 32.7 Å². The lowest BCUT2D eigenvalue weighted by Gasteiger charge is -2.15. The smallest absolute Gasteiger partial charge is 0.127 e. The largest absolute Gasteiger partial charge is 0.389 e. The van der Waals surface area contributed by atoms with Gasteiger partial charge in [0.2, 0.25) is 0 Å². The second-order valence-electron chi connectivity index (χ2n) is 4.13. The van der Waals surface area contributed by atoms with E-state index in [0.29, 0.717) is 25.2 Å². The molecular weight excluding hydrogens is 209 g/mol. The molecule has 0 unspecified atom stereocenters. The van der Waals surface area contributed by atoms with Gasteiger partial charge in [0.1, 0.15) is 5.82 Å². The minimum absolute atomic E-state index is 0.160. The van der Waals surface area contributed by atoms with Gasteiger partial charge in [-0.25, -0.2) is 4.39 Å². The molecule has 1 aromatic rings. The van der Waals surface area contributed by atoms with Crippen LogP contribution < -0.4 is 0 Å². The molecule has 3 nitrogen and oxygen atoms in total. The summed E-state index contributed by atoms with van der Waals surface area (Å²) in [4.78, 5) is 2.00. The first-order valence-electron chi connectivity index (χ1n) is 5.37. The molecule has 0 aromatic heterocycles. The van der Waals surface area contributed by atoms with Crippen LogP contribution in [0.15, 0.2) is 24.3 Å². The molecule has 1 aliphatic heterocycles. The highest BCUT2D eigenvalue weighted by Crippen LogP contribution is 2.17. The summed E-state index contributed by atoms with van der Waals surface area (Å²) in [5.41, 5.74) is 0.659. The van der Waals surface area contributed by atoms with Crippen LogP contribution in [0.5, 0.6) is 0 Å². The Morgan fingerprint density at radius 1 is 1.44 bits per heavy atom. The third kappa shape index (κ3) is 2.40. The van der Waals surface area contributed by atoms with E-state index in [0.717, 1.165) is 0 Å². The third-order valence-electron chi connectivity index (χ3n) is 2.97. The molecule has 16 heavy (non-hydrogen) atoms. The van der Waals surface area contributed by atoms with E-state index >= 15 is 0 Å². The molecule has 1 fully saturated rings. The van der Waals surface area contributed by atoms with Crippen molar-refractivity contribution in [2.24, 2.45) is 0 Å². The van der Waals surface area contributed by atoms with Gasteiger partial charge in [-0.3, -0.25) is 4.90 Å². The molecule has 1 saturated heterocycles. The Kier molecular flexibility index (Phi) is 3.53. The number of benzene rings is 1. The number of rotatable bonds is 3. The number of ether oxygens (including phenoxy) is 1. The second kappa shape index (κ2) is 4.91. The van der Waals surface area contributed by atoms with E-state index in [4.69, 9.17) is 4.74 Å². The zero-order valence-corrected chi connectivity index (χ0v) is 9.27. The van der Waals surface area contributed by atoms with E-state index in [2.05, 4.69) is 0 Å². The quantitative estimate of drug-likeness (QED) is 0.833. The number of hydrogen-bond donors (Lipinski definition) is 1. The van der Waals surface area contributed by atoms with Crippen molar-refractivity contribution in [2.45, 2.75) is 18.8 Å². The van der Waals surface area contributed by atoms with Crippen molar-refractivity contribution in [3.8, 4) is 0 Å². The summed E-state index contributed by atoms with van der Waals surface area (Å²) in [6.45, 7) is 1.70.